The third-order valence-corrected chi connectivity index (χ3v) is 2.82. The number of pyridine rings is 1. The second-order valence-electron chi connectivity index (χ2n) is 4.26. The first-order valence-electron chi connectivity index (χ1n) is 5.91. The number of fused-ring (bicyclic) bond motifs is 1. The molecule has 0 aliphatic rings. The second kappa shape index (κ2) is 4.49. The molecule has 3 rings (SSSR count). The quantitative estimate of drug-likeness (QED) is 0.659. The average molecular weight is 235 g/mol. The van der Waals surface area contributed by atoms with E-state index in [1.54, 1.807) is 0 Å². The molecule has 0 bridgehead atoms. The summed E-state index contributed by atoms with van der Waals surface area (Å²) in [5.41, 5.74) is 2.16. The summed E-state index contributed by atoms with van der Waals surface area (Å²) in [6, 6.07) is 19.9. The van der Waals surface area contributed by atoms with E-state index in [-0.39, 0.29) is 0 Å². The van der Waals surface area contributed by atoms with Gasteiger partial charge in [-0.2, -0.15) is 0 Å². The molecule has 0 aliphatic carbocycles. The van der Waals surface area contributed by atoms with Gasteiger partial charge in [-0.05, 0) is 31.2 Å². The lowest BCUT2D eigenvalue weighted by molar-refractivity contribution is 0.465. The molecule has 0 unspecified atom stereocenters. The maximum atomic E-state index is 5.73. The van der Waals surface area contributed by atoms with Crippen molar-refractivity contribution >= 4 is 10.9 Å². The standard InChI is InChI=1S/C16H13NO/c1-12-6-9-14(10-7-12)18-16-11-8-13-4-2-3-5-15(13)17-16/h2-11H,1H3. The van der Waals surface area contributed by atoms with Crippen LogP contribution in [-0.2, 0) is 0 Å². The van der Waals surface area contributed by atoms with Crippen molar-refractivity contribution in [1.29, 1.82) is 0 Å². The SMILES string of the molecule is Cc1ccc(Oc2ccc3ccccc3n2)cc1. The maximum Gasteiger partial charge on any atom is 0.219 e. The second-order valence-corrected chi connectivity index (χ2v) is 4.26. The van der Waals surface area contributed by atoms with Gasteiger partial charge in [0.25, 0.3) is 0 Å². The van der Waals surface area contributed by atoms with E-state index in [0.29, 0.717) is 5.88 Å². The van der Waals surface area contributed by atoms with Crippen molar-refractivity contribution in [3.63, 3.8) is 0 Å². The monoisotopic (exact) mass is 235 g/mol. The molecule has 0 saturated carbocycles. The molecular weight excluding hydrogens is 222 g/mol. The molecule has 0 saturated heterocycles. The molecule has 0 radical (unpaired) electrons. The van der Waals surface area contributed by atoms with Crippen molar-refractivity contribution in [3.05, 3.63) is 66.2 Å². The normalized spacial score (nSPS) is 10.5. The first kappa shape index (κ1) is 10.8. The lowest BCUT2D eigenvalue weighted by atomic mass is 10.2. The molecule has 1 aromatic heterocycles. The van der Waals surface area contributed by atoms with Gasteiger partial charge in [0.05, 0.1) is 5.52 Å². The van der Waals surface area contributed by atoms with Crippen molar-refractivity contribution in [2.75, 3.05) is 0 Å². The molecule has 88 valence electrons. The smallest absolute Gasteiger partial charge is 0.219 e. The molecule has 2 aromatic carbocycles. The topological polar surface area (TPSA) is 22.1 Å². The van der Waals surface area contributed by atoms with E-state index in [1.165, 1.54) is 5.56 Å². The fraction of sp³-hybridized carbons (Fsp3) is 0.0625. The number of hydrogen-bond donors (Lipinski definition) is 0. The third-order valence-electron chi connectivity index (χ3n) is 2.82. The molecule has 0 N–H and O–H groups in total. The van der Waals surface area contributed by atoms with Gasteiger partial charge in [-0.25, -0.2) is 4.98 Å². The summed E-state index contributed by atoms with van der Waals surface area (Å²) in [5, 5.41) is 1.12. The molecule has 0 amide bonds. The Bertz CT molecular complexity index is 674. The van der Waals surface area contributed by atoms with Crippen LogP contribution in [0.2, 0.25) is 0 Å². The van der Waals surface area contributed by atoms with Crippen molar-refractivity contribution in [3.8, 4) is 11.6 Å². The molecule has 1 heterocycles. The minimum atomic E-state index is 0.623. The van der Waals surface area contributed by atoms with Crippen LogP contribution in [0, 0.1) is 6.92 Å². The minimum absolute atomic E-state index is 0.623. The van der Waals surface area contributed by atoms with Crippen LogP contribution < -0.4 is 4.74 Å². The number of aryl methyl sites for hydroxylation is 1. The van der Waals surface area contributed by atoms with Gasteiger partial charge in [0, 0.05) is 11.5 Å². The van der Waals surface area contributed by atoms with Gasteiger partial charge in [0.15, 0.2) is 0 Å². The van der Waals surface area contributed by atoms with Gasteiger partial charge < -0.3 is 4.74 Å². The number of rotatable bonds is 2. The zero-order valence-electron chi connectivity index (χ0n) is 10.1. The van der Waals surface area contributed by atoms with E-state index in [2.05, 4.69) is 11.9 Å². The van der Waals surface area contributed by atoms with Crippen LogP contribution in [0.4, 0.5) is 0 Å². The molecule has 18 heavy (non-hydrogen) atoms. The molecule has 0 fully saturated rings. The number of ether oxygens (including phenoxy) is 1. The van der Waals surface area contributed by atoms with Crippen LogP contribution in [0.3, 0.4) is 0 Å². The van der Waals surface area contributed by atoms with E-state index in [4.69, 9.17) is 4.74 Å². The molecule has 0 spiro atoms. The number of benzene rings is 2. The Morgan fingerprint density at radius 1 is 0.833 bits per heavy atom. The molecular formula is C16H13NO. The molecule has 3 aromatic rings. The van der Waals surface area contributed by atoms with Crippen molar-refractivity contribution in [1.82, 2.24) is 4.98 Å². The summed E-state index contributed by atoms with van der Waals surface area (Å²) in [4.78, 5) is 4.47. The number of hydrogen-bond acceptors (Lipinski definition) is 2. The van der Waals surface area contributed by atoms with Crippen LogP contribution in [0.1, 0.15) is 5.56 Å². The van der Waals surface area contributed by atoms with Crippen molar-refractivity contribution in [2.24, 2.45) is 0 Å². The molecule has 0 aliphatic heterocycles. The lowest BCUT2D eigenvalue weighted by Gasteiger charge is -2.05. The summed E-state index contributed by atoms with van der Waals surface area (Å²) in [5.74, 6) is 1.43. The predicted molar refractivity (Wildman–Crippen MR) is 73.0 cm³/mol. The van der Waals surface area contributed by atoms with Gasteiger partial charge in [-0.3, -0.25) is 0 Å². The highest BCUT2D eigenvalue weighted by molar-refractivity contribution is 5.78. The predicted octanol–water partition coefficient (Wildman–Crippen LogP) is 4.34. The van der Waals surface area contributed by atoms with E-state index >= 15 is 0 Å². The van der Waals surface area contributed by atoms with Crippen LogP contribution in [-0.4, -0.2) is 4.98 Å². The summed E-state index contributed by atoms with van der Waals surface area (Å²) in [7, 11) is 0. The summed E-state index contributed by atoms with van der Waals surface area (Å²) in [6.45, 7) is 2.05. The number of aromatic nitrogens is 1. The largest absolute Gasteiger partial charge is 0.439 e. The summed E-state index contributed by atoms with van der Waals surface area (Å²) >= 11 is 0. The van der Waals surface area contributed by atoms with Crippen LogP contribution in [0.5, 0.6) is 11.6 Å². The van der Waals surface area contributed by atoms with Gasteiger partial charge >= 0.3 is 0 Å². The first-order valence-corrected chi connectivity index (χ1v) is 5.91. The van der Waals surface area contributed by atoms with Crippen LogP contribution >= 0.6 is 0 Å². The molecule has 2 heteroatoms. The Morgan fingerprint density at radius 3 is 2.44 bits per heavy atom. The number of nitrogens with zero attached hydrogens (tertiary/aromatic N) is 1. The highest BCUT2D eigenvalue weighted by Gasteiger charge is 2.00. The lowest BCUT2D eigenvalue weighted by Crippen LogP contribution is -1.88. The number of para-hydroxylation sites is 1. The first-order chi connectivity index (χ1) is 8.81. The Labute approximate surface area is 106 Å². The van der Waals surface area contributed by atoms with Gasteiger partial charge in [0.1, 0.15) is 5.75 Å². The Balaban J connectivity index is 1.92. The zero-order valence-corrected chi connectivity index (χ0v) is 10.1. The van der Waals surface area contributed by atoms with Crippen LogP contribution in [0.15, 0.2) is 60.7 Å². The van der Waals surface area contributed by atoms with Gasteiger partial charge in [-0.1, -0.05) is 35.9 Å². The Kier molecular flexibility index (Phi) is 2.69. The van der Waals surface area contributed by atoms with E-state index in [0.717, 1.165) is 16.7 Å². The van der Waals surface area contributed by atoms with E-state index in [9.17, 15) is 0 Å². The summed E-state index contributed by atoms with van der Waals surface area (Å²) < 4.78 is 5.73. The Morgan fingerprint density at radius 2 is 1.61 bits per heavy atom. The van der Waals surface area contributed by atoms with Gasteiger partial charge in [0.2, 0.25) is 5.88 Å². The molecule has 2 nitrogen and oxygen atoms in total. The van der Waals surface area contributed by atoms with Gasteiger partial charge in [-0.15, -0.1) is 0 Å². The molecule has 0 atom stereocenters. The van der Waals surface area contributed by atoms with Crippen molar-refractivity contribution in [2.45, 2.75) is 6.92 Å². The highest BCUT2D eigenvalue weighted by atomic mass is 16.5. The third kappa shape index (κ3) is 2.18. The van der Waals surface area contributed by atoms with E-state index < -0.39 is 0 Å². The van der Waals surface area contributed by atoms with Crippen molar-refractivity contribution < 1.29 is 4.74 Å². The summed E-state index contributed by atoms with van der Waals surface area (Å²) in [6.07, 6.45) is 0. The average Bonchev–Trinajstić information content (AvgIpc) is 2.41. The highest BCUT2D eigenvalue weighted by Crippen LogP contribution is 2.22. The minimum Gasteiger partial charge on any atom is -0.439 e. The zero-order chi connectivity index (χ0) is 12.4. The fourth-order valence-corrected chi connectivity index (χ4v) is 1.83. The fourth-order valence-electron chi connectivity index (χ4n) is 1.83. The van der Waals surface area contributed by atoms with Crippen LogP contribution in [0.25, 0.3) is 10.9 Å². The Hall–Kier alpha value is -2.35. The van der Waals surface area contributed by atoms with E-state index in [1.807, 2.05) is 60.7 Å². The maximum absolute atomic E-state index is 5.73.